The molecule has 0 amide bonds. The maximum absolute atomic E-state index is 8.46. The van der Waals surface area contributed by atoms with Gasteiger partial charge in [0.2, 0.25) is 0 Å². The van der Waals surface area contributed by atoms with Gasteiger partial charge in [-0.05, 0) is 5.56 Å². The zero-order valence-corrected chi connectivity index (χ0v) is 10.4. The van der Waals surface area contributed by atoms with Crippen LogP contribution in [-0.4, -0.2) is 11.4 Å². The van der Waals surface area contributed by atoms with E-state index in [0.717, 1.165) is 5.56 Å². The van der Waals surface area contributed by atoms with E-state index in [1.54, 1.807) is 0 Å². The van der Waals surface area contributed by atoms with E-state index in [2.05, 4.69) is 21.4 Å². The van der Waals surface area contributed by atoms with E-state index in [-0.39, 0.29) is 17.2 Å². The third-order valence-corrected chi connectivity index (χ3v) is 2.11. The van der Waals surface area contributed by atoms with Crippen LogP contribution in [0.25, 0.3) is 0 Å². The van der Waals surface area contributed by atoms with E-state index in [1.165, 1.54) is 0 Å². The van der Waals surface area contributed by atoms with Crippen molar-refractivity contribution in [3.63, 3.8) is 0 Å². The highest BCUT2D eigenvalue weighted by Crippen LogP contribution is 1.99. The molecular weight excluding hydrogens is 279 g/mol. The molecule has 82 valence electrons. The van der Waals surface area contributed by atoms with Crippen LogP contribution in [0.4, 0.5) is 0 Å². The van der Waals surface area contributed by atoms with Gasteiger partial charge in [-0.2, -0.15) is 10.7 Å². The highest BCUT2D eigenvalue weighted by molar-refractivity contribution is 9.09. The van der Waals surface area contributed by atoms with E-state index >= 15 is 0 Å². The number of nitrogens with zero attached hydrogens (tertiary/aromatic N) is 1. The predicted octanol–water partition coefficient (Wildman–Crippen LogP) is 2.42. The lowest BCUT2D eigenvalue weighted by atomic mass is 10.2. The minimum absolute atomic E-state index is 0. The number of hydrogen-bond acceptors (Lipinski definition) is 3. The third kappa shape index (κ3) is 6.47. The van der Waals surface area contributed by atoms with E-state index in [0.29, 0.717) is 13.2 Å². The van der Waals surface area contributed by atoms with Crippen molar-refractivity contribution in [1.82, 2.24) is 5.48 Å². The van der Waals surface area contributed by atoms with Gasteiger partial charge < -0.3 is 0 Å². The summed E-state index contributed by atoms with van der Waals surface area (Å²) in [6.07, 6.45) is 0. The monoisotopic (exact) mass is 290 g/mol. The van der Waals surface area contributed by atoms with Gasteiger partial charge in [0.1, 0.15) is 4.83 Å². The van der Waals surface area contributed by atoms with Gasteiger partial charge in [0.25, 0.3) is 0 Å². The maximum atomic E-state index is 8.46. The lowest BCUT2D eigenvalue weighted by Gasteiger charge is -2.05. The van der Waals surface area contributed by atoms with Gasteiger partial charge in [-0.25, -0.2) is 0 Å². The zero-order valence-electron chi connectivity index (χ0n) is 8.02. The Labute approximate surface area is 104 Å². The van der Waals surface area contributed by atoms with Gasteiger partial charge in [-0.1, -0.05) is 46.3 Å². The van der Waals surface area contributed by atoms with Crippen LogP contribution in [0.3, 0.4) is 0 Å². The Balaban J connectivity index is 0.00000196. The van der Waals surface area contributed by atoms with Crippen molar-refractivity contribution >= 4 is 28.3 Å². The van der Waals surface area contributed by atoms with Crippen molar-refractivity contribution in [2.24, 2.45) is 0 Å². The molecule has 0 radical (unpaired) electrons. The summed E-state index contributed by atoms with van der Waals surface area (Å²) in [5.74, 6) is 0. The molecule has 0 heterocycles. The molecule has 0 aliphatic rings. The molecule has 1 aromatic rings. The number of nitriles is 1. The molecule has 0 fully saturated rings. The smallest absolute Gasteiger partial charge is 0.116 e. The molecule has 5 heteroatoms. The topological polar surface area (TPSA) is 45.0 Å². The van der Waals surface area contributed by atoms with Crippen LogP contribution in [0.2, 0.25) is 0 Å². The number of nitrogens with one attached hydrogen (secondary N) is 1. The van der Waals surface area contributed by atoms with Crippen LogP contribution < -0.4 is 5.48 Å². The fourth-order valence-corrected chi connectivity index (χ4v) is 1.02. The quantitative estimate of drug-likeness (QED) is 0.515. The summed E-state index contributed by atoms with van der Waals surface area (Å²) in [5.41, 5.74) is 3.82. The van der Waals surface area contributed by atoms with E-state index in [4.69, 9.17) is 10.1 Å². The second-order valence-electron chi connectivity index (χ2n) is 2.72. The van der Waals surface area contributed by atoms with Crippen molar-refractivity contribution in [3.05, 3.63) is 35.9 Å². The predicted molar refractivity (Wildman–Crippen MR) is 64.8 cm³/mol. The normalized spacial score (nSPS) is 11.2. The standard InChI is InChI=1S/C10H11BrN2O.ClH/c11-10(6-12)7-13-14-8-9-4-2-1-3-5-9;/h1-5,10,13H,7-8H2;1H. The van der Waals surface area contributed by atoms with Gasteiger partial charge >= 0.3 is 0 Å². The van der Waals surface area contributed by atoms with Gasteiger partial charge in [0.05, 0.1) is 12.7 Å². The molecule has 0 saturated carbocycles. The summed E-state index contributed by atoms with van der Waals surface area (Å²) >= 11 is 3.16. The Kier molecular flexibility index (Phi) is 8.34. The minimum Gasteiger partial charge on any atom is -0.297 e. The highest BCUT2D eigenvalue weighted by atomic mass is 79.9. The number of alkyl halides is 1. The Morgan fingerprint density at radius 1 is 1.40 bits per heavy atom. The van der Waals surface area contributed by atoms with Crippen LogP contribution in [-0.2, 0) is 11.4 Å². The first-order valence-corrected chi connectivity index (χ1v) is 5.17. The average molecular weight is 292 g/mol. The van der Waals surface area contributed by atoms with Crippen LogP contribution in [0.1, 0.15) is 5.56 Å². The fourth-order valence-electron chi connectivity index (χ4n) is 0.886. The Morgan fingerprint density at radius 3 is 2.67 bits per heavy atom. The van der Waals surface area contributed by atoms with Crippen molar-refractivity contribution in [2.45, 2.75) is 11.4 Å². The Bertz CT molecular complexity index is 302. The van der Waals surface area contributed by atoms with Crippen LogP contribution >= 0.6 is 28.3 Å². The zero-order chi connectivity index (χ0) is 10.2. The molecule has 0 aliphatic carbocycles. The van der Waals surface area contributed by atoms with Crippen molar-refractivity contribution in [1.29, 1.82) is 5.26 Å². The molecule has 0 aromatic heterocycles. The first-order chi connectivity index (χ1) is 6.83. The minimum atomic E-state index is -0.210. The number of hydroxylamine groups is 1. The second kappa shape index (κ2) is 8.69. The summed E-state index contributed by atoms with van der Waals surface area (Å²) in [6, 6.07) is 11.9. The molecule has 3 nitrogen and oxygen atoms in total. The first kappa shape index (κ1) is 14.4. The number of benzene rings is 1. The molecule has 0 spiro atoms. The summed E-state index contributed by atoms with van der Waals surface area (Å²) in [6.45, 7) is 0.981. The molecule has 1 unspecified atom stereocenters. The van der Waals surface area contributed by atoms with Crippen molar-refractivity contribution < 1.29 is 4.84 Å². The van der Waals surface area contributed by atoms with Crippen molar-refractivity contribution in [2.75, 3.05) is 6.54 Å². The molecule has 0 aliphatic heterocycles. The fraction of sp³-hybridized carbons (Fsp3) is 0.300. The van der Waals surface area contributed by atoms with Crippen LogP contribution in [0.5, 0.6) is 0 Å². The van der Waals surface area contributed by atoms with Crippen LogP contribution in [0.15, 0.2) is 30.3 Å². The maximum Gasteiger partial charge on any atom is 0.116 e. The molecule has 15 heavy (non-hydrogen) atoms. The van der Waals surface area contributed by atoms with Gasteiger partial charge in [0.15, 0.2) is 0 Å². The highest BCUT2D eigenvalue weighted by Gasteiger charge is 1.99. The van der Waals surface area contributed by atoms with Gasteiger partial charge in [-0.15, -0.1) is 12.4 Å². The van der Waals surface area contributed by atoms with Gasteiger partial charge in [-0.3, -0.25) is 4.84 Å². The molecule has 0 saturated heterocycles. The second-order valence-corrected chi connectivity index (χ2v) is 3.82. The third-order valence-electron chi connectivity index (χ3n) is 1.59. The lowest BCUT2D eigenvalue weighted by Crippen LogP contribution is -2.22. The molecule has 0 bridgehead atoms. The molecule has 1 N–H and O–H groups in total. The summed E-state index contributed by atoms with van der Waals surface area (Å²) < 4.78 is 0. The number of rotatable bonds is 5. The van der Waals surface area contributed by atoms with E-state index in [9.17, 15) is 0 Å². The SMILES string of the molecule is Cl.N#CC(Br)CNOCc1ccccc1. The molecular formula is C10H12BrClN2O. The summed E-state index contributed by atoms with van der Waals surface area (Å²) in [5, 5.41) is 8.46. The Morgan fingerprint density at radius 2 is 2.07 bits per heavy atom. The Hall–Kier alpha value is -0.600. The molecule has 1 aromatic carbocycles. The first-order valence-electron chi connectivity index (χ1n) is 4.25. The largest absolute Gasteiger partial charge is 0.297 e. The summed E-state index contributed by atoms with van der Waals surface area (Å²) in [4.78, 5) is 4.95. The molecule has 1 rings (SSSR count). The van der Waals surface area contributed by atoms with Gasteiger partial charge in [0, 0.05) is 6.54 Å². The summed E-state index contributed by atoms with van der Waals surface area (Å²) in [7, 11) is 0. The number of hydrogen-bond donors (Lipinski definition) is 1. The molecule has 1 atom stereocenters. The van der Waals surface area contributed by atoms with Crippen LogP contribution in [0, 0.1) is 11.3 Å². The van der Waals surface area contributed by atoms with E-state index < -0.39 is 0 Å². The average Bonchev–Trinajstić information content (AvgIpc) is 2.25. The van der Waals surface area contributed by atoms with Crippen molar-refractivity contribution in [3.8, 4) is 6.07 Å². The lowest BCUT2D eigenvalue weighted by molar-refractivity contribution is 0.0303. The number of halogens is 2. The van der Waals surface area contributed by atoms with E-state index in [1.807, 2.05) is 36.4 Å².